The second-order valence-electron chi connectivity index (χ2n) is 6.01. The van der Waals surface area contributed by atoms with Gasteiger partial charge in [-0.15, -0.1) is 0 Å². The van der Waals surface area contributed by atoms with Gasteiger partial charge in [-0.05, 0) is 52.2 Å². The Morgan fingerprint density at radius 1 is 1.25 bits per heavy atom. The standard InChI is InChI=1S/C14H23BN2O3/c1-13(2)14(3,4)20-15(19-13)11-6-8-17-12(10-11)18-9-5-7-16/h6,8,10H,5,7,9,16H2,1-4H3. The maximum atomic E-state index is 6.01. The third-order valence-electron chi connectivity index (χ3n) is 3.88. The van der Waals surface area contributed by atoms with Crippen molar-refractivity contribution < 1.29 is 14.0 Å². The molecule has 0 spiro atoms. The van der Waals surface area contributed by atoms with Crippen molar-refractivity contribution in [3.63, 3.8) is 0 Å². The van der Waals surface area contributed by atoms with Gasteiger partial charge in [-0.3, -0.25) is 0 Å². The number of pyridine rings is 1. The molecule has 0 aliphatic carbocycles. The summed E-state index contributed by atoms with van der Waals surface area (Å²) in [6.45, 7) is 9.31. The van der Waals surface area contributed by atoms with Crippen LogP contribution in [0.4, 0.5) is 0 Å². The molecule has 2 heterocycles. The summed E-state index contributed by atoms with van der Waals surface area (Å²) in [5, 5.41) is 0. The second-order valence-corrected chi connectivity index (χ2v) is 6.01. The van der Waals surface area contributed by atoms with Crippen LogP contribution >= 0.6 is 0 Å². The summed E-state index contributed by atoms with van der Waals surface area (Å²) >= 11 is 0. The number of nitrogens with zero attached hydrogens (tertiary/aromatic N) is 1. The zero-order valence-corrected chi connectivity index (χ0v) is 12.7. The van der Waals surface area contributed by atoms with E-state index in [0.29, 0.717) is 19.0 Å². The average Bonchev–Trinajstić information content (AvgIpc) is 2.59. The maximum Gasteiger partial charge on any atom is 0.495 e. The lowest BCUT2D eigenvalue weighted by Gasteiger charge is -2.32. The van der Waals surface area contributed by atoms with Crippen molar-refractivity contribution in [1.29, 1.82) is 0 Å². The number of aromatic nitrogens is 1. The molecule has 0 radical (unpaired) electrons. The van der Waals surface area contributed by atoms with Crippen LogP contribution in [0, 0.1) is 0 Å². The first-order valence-corrected chi connectivity index (χ1v) is 7.00. The lowest BCUT2D eigenvalue weighted by molar-refractivity contribution is 0.00578. The average molecular weight is 278 g/mol. The lowest BCUT2D eigenvalue weighted by atomic mass is 9.80. The van der Waals surface area contributed by atoms with Gasteiger partial charge in [0.05, 0.1) is 17.8 Å². The SMILES string of the molecule is CC1(C)OB(c2ccnc(OCCCN)c2)OC1(C)C. The molecule has 0 atom stereocenters. The normalized spacial score (nSPS) is 20.1. The highest BCUT2D eigenvalue weighted by molar-refractivity contribution is 6.62. The van der Waals surface area contributed by atoms with E-state index in [0.717, 1.165) is 11.9 Å². The first kappa shape index (κ1) is 15.3. The van der Waals surface area contributed by atoms with Crippen LogP contribution in [-0.4, -0.2) is 36.5 Å². The minimum Gasteiger partial charge on any atom is -0.478 e. The van der Waals surface area contributed by atoms with Gasteiger partial charge in [0.2, 0.25) is 5.88 Å². The van der Waals surface area contributed by atoms with Crippen LogP contribution in [-0.2, 0) is 9.31 Å². The predicted molar refractivity (Wildman–Crippen MR) is 79.1 cm³/mol. The first-order chi connectivity index (χ1) is 9.36. The minimum absolute atomic E-state index is 0.346. The van der Waals surface area contributed by atoms with Gasteiger partial charge in [-0.2, -0.15) is 0 Å². The van der Waals surface area contributed by atoms with Gasteiger partial charge in [0, 0.05) is 12.3 Å². The van der Waals surface area contributed by atoms with Crippen molar-refractivity contribution in [2.24, 2.45) is 5.73 Å². The topological polar surface area (TPSA) is 66.6 Å². The number of hydrogen-bond donors (Lipinski definition) is 1. The summed E-state index contributed by atoms with van der Waals surface area (Å²) < 4.78 is 17.6. The summed E-state index contributed by atoms with van der Waals surface area (Å²) in [4.78, 5) is 4.18. The molecule has 2 rings (SSSR count). The fraction of sp³-hybridized carbons (Fsp3) is 0.643. The van der Waals surface area contributed by atoms with E-state index in [-0.39, 0.29) is 18.3 Å². The number of hydrogen-bond acceptors (Lipinski definition) is 5. The fourth-order valence-electron chi connectivity index (χ4n) is 1.89. The van der Waals surface area contributed by atoms with Crippen LogP contribution in [0.1, 0.15) is 34.1 Å². The molecule has 0 saturated carbocycles. The van der Waals surface area contributed by atoms with E-state index in [2.05, 4.69) is 4.98 Å². The predicted octanol–water partition coefficient (Wildman–Crippen LogP) is 1.11. The molecule has 110 valence electrons. The molecule has 2 N–H and O–H groups in total. The molecule has 6 heteroatoms. The van der Waals surface area contributed by atoms with E-state index >= 15 is 0 Å². The largest absolute Gasteiger partial charge is 0.495 e. The Morgan fingerprint density at radius 3 is 2.50 bits per heavy atom. The number of ether oxygens (including phenoxy) is 1. The molecular formula is C14H23BN2O3. The van der Waals surface area contributed by atoms with Gasteiger partial charge in [0.25, 0.3) is 0 Å². The van der Waals surface area contributed by atoms with Crippen LogP contribution < -0.4 is 15.9 Å². The summed E-state index contributed by atoms with van der Waals surface area (Å²) in [6.07, 6.45) is 2.51. The monoisotopic (exact) mass is 278 g/mol. The Morgan fingerprint density at radius 2 is 1.90 bits per heavy atom. The number of nitrogens with two attached hydrogens (primary N) is 1. The minimum atomic E-state index is -0.389. The third kappa shape index (κ3) is 3.14. The van der Waals surface area contributed by atoms with Gasteiger partial charge in [0.1, 0.15) is 0 Å². The van der Waals surface area contributed by atoms with Gasteiger partial charge < -0.3 is 19.8 Å². The molecule has 1 aliphatic heterocycles. The smallest absolute Gasteiger partial charge is 0.478 e. The maximum absolute atomic E-state index is 6.01. The summed E-state index contributed by atoms with van der Waals surface area (Å²) in [5.41, 5.74) is 5.67. The van der Waals surface area contributed by atoms with Crippen molar-refractivity contribution in [3.8, 4) is 5.88 Å². The van der Waals surface area contributed by atoms with E-state index in [4.69, 9.17) is 19.8 Å². The van der Waals surface area contributed by atoms with Crippen molar-refractivity contribution in [2.75, 3.05) is 13.2 Å². The van der Waals surface area contributed by atoms with Crippen LogP contribution in [0.2, 0.25) is 0 Å². The van der Waals surface area contributed by atoms with Gasteiger partial charge in [-0.1, -0.05) is 0 Å². The molecule has 1 fully saturated rings. The van der Waals surface area contributed by atoms with Crippen molar-refractivity contribution in [3.05, 3.63) is 18.3 Å². The fourth-order valence-corrected chi connectivity index (χ4v) is 1.89. The lowest BCUT2D eigenvalue weighted by Crippen LogP contribution is -2.41. The zero-order chi connectivity index (χ0) is 14.8. The highest BCUT2D eigenvalue weighted by Crippen LogP contribution is 2.36. The summed E-state index contributed by atoms with van der Waals surface area (Å²) in [6, 6.07) is 3.75. The molecule has 0 unspecified atom stereocenters. The highest BCUT2D eigenvalue weighted by atomic mass is 16.7. The van der Waals surface area contributed by atoms with E-state index < -0.39 is 0 Å². The van der Waals surface area contributed by atoms with Gasteiger partial charge >= 0.3 is 7.12 Å². The zero-order valence-electron chi connectivity index (χ0n) is 12.7. The molecule has 0 aromatic carbocycles. The quantitative estimate of drug-likeness (QED) is 0.645. The van der Waals surface area contributed by atoms with Crippen LogP contribution in [0.3, 0.4) is 0 Å². The van der Waals surface area contributed by atoms with Gasteiger partial charge in [0.15, 0.2) is 0 Å². The molecule has 0 amide bonds. The van der Waals surface area contributed by atoms with Crippen molar-refractivity contribution in [1.82, 2.24) is 4.98 Å². The Bertz CT molecular complexity index is 449. The van der Waals surface area contributed by atoms with E-state index in [1.54, 1.807) is 6.20 Å². The van der Waals surface area contributed by atoms with Crippen LogP contribution in [0.15, 0.2) is 18.3 Å². The molecule has 0 bridgehead atoms. The Kier molecular flexibility index (Phi) is 4.37. The van der Waals surface area contributed by atoms with Crippen LogP contribution in [0.25, 0.3) is 0 Å². The molecule has 1 aromatic heterocycles. The molecular weight excluding hydrogens is 255 g/mol. The summed E-state index contributed by atoms with van der Waals surface area (Å²) in [7, 11) is -0.389. The first-order valence-electron chi connectivity index (χ1n) is 7.00. The molecule has 5 nitrogen and oxygen atoms in total. The number of rotatable bonds is 5. The Balaban J connectivity index is 2.09. The molecule has 1 aromatic rings. The molecule has 1 saturated heterocycles. The third-order valence-corrected chi connectivity index (χ3v) is 3.88. The van der Waals surface area contributed by atoms with E-state index in [1.165, 1.54) is 0 Å². The van der Waals surface area contributed by atoms with Gasteiger partial charge in [-0.25, -0.2) is 4.98 Å². The Labute approximate surface area is 121 Å². The molecule has 1 aliphatic rings. The van der Waals surface area contributed by atoms with Crippen molar-refractivity contribution >= 4 is 12.6 Å². The Hall–Kier alpha value is -1.11. The summed E-state index contributed by atoms with van der Waals surface area (Å²) in [5.74, 6) is 0.575. The second kappa shape index (κ2) is 5.72. The molecule has 20 heavy (non-hydrogen) atoms. The van der Waals surface area contributed by atoms with E-state index in [1.807, 2.05) is 39.8 Å². The van der Waals surface area contributed by atoms with Crippen LogP contribution in [0.5, 0.6) is 5.88 Å². The van der Waals surface area contributed by atoms with E-state index in [9.17, 15) is 0 Å². The highest BCUT2D eigenvalue weighted by Gasteiger charge is 2.51. The van der Waals surface area contributed by atoms with Crippen molar-refractivity contribution in [2.45, 2.75) is 45.3 Å².